The molecule has 1 aromatic heterocycles. The summed E-state index contributed by atoms with van der Waals surface area (Å²) in [7, 11) is 0. The number of hydrogen-bond acceptors (Lipinski definition) is 4. The van der Waals surface area contributed by atoms with E-state index in [2.05, 4.69) is 10.3 Å². The predicted molar refractivity (Wildman–Crippen MR) is 70.0 cm³/mol. The monoisotopic (exact) mass is 256 g/mol. The smallest absolute Gasteiger partial charge is 0.303 e. The minimum absolute atomic E-state index is 0.0790. The number of anilines is 2. The van der Waals surface area contributed by atoms with Crippen LogP contribution in [0.15, 0.2) is 57.7 Å². The predicted octanol–water partition coefficient (Wildman–Crippen LogP) is 3.07. The number of halogens is 1. The molecule has 1 N–H and O–H groups in total. The van der Waals surface area contributed by atoms with Gasteiger partial charge in [-0.1, -0.05) is 12.1 Å². The van der Waals surface area contributed by atoms with Crippen LogP contribution in [0.5, 0.6) is 0 Å². The molecule has 94 valence electrons. The van der Waals surface area contributed by atoms with Gasteiger partial charge in [0.2, 0.25) is 0 Å². The minimum atomic E-state index is -0.369. The van der Waals surface area contributed by atoms with Crippen LogP contribution in [0.4, 0.5) is 16.1 Å². The first-order valence-corrected chi connectivity index (χ1v) is 5.65. The Morgan fingerprint density at radius 2 is 1.79 bits per heavy atom. The number of nitrogens with zero attached hydrogens (tertiary/aromatic N) is 1. The highest BCUT2D eigenvalue weighted by atomic mass is 19.1. The van der Waals surface area contributed by atoms with Crippen molar-refractivity contribution < 1.29 is 8.81 Å². The third-order valence-electron chi connectivity index (χ3n) is 2.62. The number of fused-ring (bicyclic) bond motifs is 1. The Balaban J connectivity index is 2.01. The lowest BCUT2D eigenvalue weighted by atomic mass is 10.2. The van der Waals surface area contributed by atoms with E-state index in [0.717, 1.165) is 0 Å². The van der Waals surface area contributed by atoms with Gasteiger partial charge in [-0.3, -0.25) is 4.79 Å². The van der Waals surface area contributed by atoms with Crippen LogP contribution in [0.2, 0.25) is 0 Å². The zero-order valence-electron chi connectivity index (χ0n) is 9.76. The molecule has 0 spiro atoms. The van der Waals surface area contributed by atoms with Crippen LogP contribution in [-0.4, -0.2) is 4.98 Å². The second-order valence-electron chi connectivity index (χ2n) is 3.95. The number of hydrogen-bond donors (Lipinski definition) is 1. The molecule has 0 fully saturated rings. The van der Waals surface area contributed by atoms with Gasteiger partial charge in [0.15, 0.2) is 0 Å². The molecule has 4 nitrogen and oxygen atoms in total. The van der Waals surface area contributed by atoms with Crippen molar-refractivity contribution in [3.8, 4) is 0 Å². The zero-order valence-corrected chi connectivity index (χ0v) is 9.76. The Morgan fingerprint density at radius 3 is 2.58 bits per heavy atom. The molecule has 0 saturated carbocycles. The van der Waals surface area contributed by atoms with E-state index in [1.807, 2.05) is 0 Å². The summed E-state index contributed by atoms with van der Waals surface area (Å²) in [5, 5.41) is 3.24. The van der Waals surface area contributed by atoms with Crippen molar-refractivity contribution in [2.45, 2.75) is 0 Å². The summed E-state index contributed by atoms with van der Waals surface area (Å²) in [6, 6.07) is 12.6. The average molecular weight is 256 g/mol. The fraction of sp³-hybridized carbons (Fsp3) is 0. The van der Waals surface area contributed by atoms with Gasteiger partial charge < -0.3 is 9.73 Å². The van der Waals surface area contributed by atoms with E-state index in [1.54, 1.807) is 24.3 Å². The largest absolute Gasteiger partial charge is 0.425 e. The first-order valence-electron chi connectivity index (χ1n) is 5.65. The van der Waals surface area contributed by atoms with Gasteiger partial charge >= 0.3 is 6.01 Å². The van der Waals surface area contributed by atoms with E-state index in [0.29, 0.717) is 16.7 Å². The molecule has 0 bridgehead atoms. The van der Waals surface area contributed by atoms with Gasteiger partial charge in [0.1, 0.15) is 11.4 Å². The zero-order chi connectivity index (χ0) is 13.2. The van der Waals surface area contributed by atoms with Crippen molar-refractivity contribution in [3.05, 3.63) is 64.7 Å². The molecule has 0 aliphatic rings. The van der Waals surface area contributed by atoms with Gasteiger partial charge in [-0.05, 0) is 36.4 Å². The lowest BCUT2D eigenvalue weighted by Gasteiger charge is -2.04. The van der Waals surface area contributed by atoms with Gasteiger partial charge in [0.05, 0.1) is 5.39 Å². The Labute approximate surface area is 107 Å². The quantitative estimate of drug-likeness (QED) is 0.765. The second-order valence-corrected chi connectivity index (χ2v) is 3.95. The molecule has 0 radical (unpaired) electrons. The third kappa shape index (κ3) is 2.30. The summed E-state index contributed by atoms with van der Waals surface area (Å²) in [5.74, 6) is -0.335. The summed E-state index contributed by atoms with van der Waals surface area (Å²) < 4.78 is 18.2. The van der Waals surface area contributed by atoms with Crippen LogP contribution >= 0.6 is 0 Å². The normalized spacial score (nSPS) is 10.6. The molecule has 3 rings (SSSR count). The minimum Gasteiger partial charge on any atom is -0.425 e. The van der Waals surface area contributed by atoms with Crippen molar-refractivity contribution in [1.82, 2.24) is 4.98 Å². The maximum atomic E-state index is 12.8. The van der Waals surface area contributed by atoms with Crippen LogP contribution in [0.1, 0.15) is 0 Å². The van der Waals surface area contributed by atoms with Crippen molar-refractivity contribution in [2.75, 3.05) is 5.32 Å². The number of rotatable bonds is 2. The lowest BCUT2D eigenvalue weighted by molar-refractivity contribution is 0.598. The van der Waals surface area contributed by atoms with Gasteiger partial charge in [0, 0.05) is 5.69 Å². The van der Waals surface area contributed by atoms with Gasteiger partial charge in [-0.15, -0.1) is 0 Å². The molecular formula is C14H9FN2O2. The average Bonchev–Trinajstić information content (AvgIpc) is 2.42. The number of benzene rings is 2. The lowest BCUT2D eigenvalue weighted by Crippen LogP contribution is -2.08. The fourth-order valence-corrected chi connectivity index (χ4v) is 1.72. The maximum absolute atomic E-state index is 12.8. The fourth-order valence-electron chi connectivity index (χ4n) is 1.72. The van der Waals surface area contributed by atoms with Gasteiger partial charge in [0.25, 0.3) is 5.56 Å². The van der Waals surface area contributed by atoms with E-state index in [9.17, 15) is 9.18 Å². The van der Waals surface area contributed by atoms with Crippen molar-refractivity contribution in [2.24, 2.45) is 0 Å². The molecule has 0 atom stereocenters. The number of nitrogens with one attached hydrogen (secondary N) is 1. The van der Waals surface area contributed by atoms with Gasteiger partial charge in [-0.2, -0.15) is 4.98 Å². The van der Waals surface area contributed by atoms with E-state index >= 15 is 0 Å². The second kappa shape index (κ2) is 4.53. The Kier molecular flexibility index (Phi) is 2.72. The van der Waals surface area contributed by atoms with E-state index in [1.165, 1.54) is 24.3 Å². The first kappa shape index (κ1) is 11.4. The molecule has 1 heterocycles. The van der Waals surface area contributed by atoms with Crippen LogP contribution in [-0.2, 0) is 0 Å². The summed E-state index contributed by atoms with van der Waals surface area (Å²) in [5.41, 5.74) is 0.672. The third-order valence-corrected chi connectivity index (χ3v) is 2.62. The molecule has 0 unspecified atom stereocenters. The molecular weight excluding hydrogens is 247 g/mol. The molecule has 2 aromatic carbocycles. The van der Waals surface area contributed by atoms with Crippen LogP contribution in [0.3, 0.4) is 0 Å². The van der Waals surface area contributed by atoms with E-state index in [4.69, 9.17) is 4.42 Å². The standard InChI is InChI=1S/C14H9FN2O2/c15-9-5-7-10(8-6-9)16-14-17-13(18)11-3-1-2-4-12(11)19-14/h1-8H,(H,16,17,18). The van der Waals surface area contributed by atoms with E-state index < -0.39 is 0 Å². The van der Waals surface area contributed by atoms with Crippen molar-refractivity contribution in [3.63, 3.8) is 0 Å². The molecule has 3 aromatic rings. The molecule has 0 aliphatic carbocycles. The van der Waals surface area contributed by atoms with Crippen molar-refractivity contribution >= 4 is 22.7 Å². The van der Waals surface area contributed by atoms with Gasteiger partial charge in [-0.25, -0.2) is 4.39 Å². The molecule has 0 amide bonds. The Morgan fingerprint density at radius 1 is 1.05 bits per heavy atom. The first-order chi connectivity index (χ1) is 9.22. The van der Waals surface area contributed by atoms with Crippen LogP contribution in [0.25, 0.3) is 11.0 Å². The summed E-state index contributed by atoms with van der Waals surface area (Å²) in [6.45, 7) is 0. The topological polar surface area (TPSA) is 55.1 Å². The van der Waals surface area contributed by atoms with Crippen LogP contribution < -0.4 is 10.9 Å². The number of para-hydroxylation sites is 1. The summed E-state index contributed by atoms with van der Waals surface area (Å²) in [6.07, 6.45) is 0. The van der Waals surface area contributed by atoms with E-state index in [-0.39, 0.29) is 17.4 Å². The molecule has 5 heteroatoms. The Hall–Kier alpha value is -2.69. The highest BCUT2D eigenvalue weighted by Crippen LogP contribution is 2.17. The van der Waals surface area contributed by atoms with Crippen molar-refractivity contribution in [1.29, 1.82) is 0 Å². The van der Waals surface area contributed by atoms with Crippen LogP contribution in [0, 0.1) is 5.82 Å². The molecule has 0 aliphatic heterocycles. The Bertz CT molecular complexity index is 781. The SMILES string of the molecule is O=c1nc(Nc2ccc(F)cc2)oc2ccccc12. The molecule has 19 heavy (non-hydrogen) atoms. The highest BCUT2D eigenvalue weighted by Gasteiger charge is 2.05. The summed E-state index contributed by atoms with van der Waals surface area (Å²) >= 11 is 0. The number of aromatic nitrogens is 1. The molecule has 0 saturated heterocycles. The maximum Gasteiger partial charge on any atom is 0.303 e. The summed E-state index contributed by atoms with van der Waals surface area (Å²) in [4.78, 5) is 15.6. The highest BCUT2D eigenvalue weighted by molar-refractivity contribution is 5.76.